The van der Waals surface area contributed by atoms with Crippen molar-refractivity contribution in [3.8, 4) is 0 Å². The molecule has 1 unspecified atom stereocenters. The van der Waals surface area contributed by atoms with Gasteiger partial charge in [0.1, 0.15) is 5.82 Å². The topological polar surface area (TPSA) is 25.8 Å². The van der Waals surface area contributed by atoms with Gasteiger partial charge in [0.05, 0.1) is 5.38 Å². The van der Waals surface area contributed by atoms with Crippen molar-refractivity contribution in [2.45, 2.75) is 25.6 Å². The van der Waals surface area contributed by atoms with Crippen LogP contribution in [-0.2, 0) is 6.42 Å². The van der Waals surface area contributed by atoms with Crippen LogP contribution in [0, 0.1) is 6.92 Å². The van der Waals surface area contributed by atoms with Gasteiger partial charge in [-0.05, 0) is 31.5 Å². The normalized spacial score (nSPS) is 12.4. The molecule has 0 bridgehead atoms. The molecule has 1 atom stereocenters. The fourth-order valence-electron chi connectivity index (χ4n) is 1.83. The lowest BCUT2D eigenvalue weighted by molar-refractivity contribution is 0.894. The molecule has 2 aromatic rings. The standard InChI is InChI=1S/C14H14BrClN2/c1-9(16)13-8-17-14(18-10(13)2)7-11-4-3-5-12(15)6-11/h3-6,8-9H,7H2,1-2H3. The van der Waals surface area contributed by atoms with Crippen LogP contribution in [-0.4, -0.2) is 9.97 Å². The van der Waals surface area contributed by atoms with E-state index in [1.165, 1.54) is 5.56 Å². The van der Waals surface area contributed by atoms with E-state index in [0.717, 1.165) is 28.0 Å². The maximum Gasteiger partial charge on any atom is 0.132 e. The lowest BCUT2D eigenvalue weighted by atomic mass is 10.1. The Labute approximate surface area is 121 Å². The zero-order chi connectivity index (χ0) is 13.1. The van der Waals surface area contributed by atoms with Crippen LogP contribution in [0.4, 0.5) is 0 Å². The Morgan fingerprint density at radius 3 is 2.78 bits per heavy atom. The van der Waals surface area contributed by atoms with Gasteiger partial charge >= 0.3 is 0 Å². The second kappa shape index (κ2) is 5.81. The van der Waals surface area contributed by atoms with E-state index in [1.54, 1.807) is 0 Å². The van der Waals surface area contributed by atoms with Crippen molar-refractivity contribution in [1.29, 1.82) is 0 Å². The van der Waals surface area contributed by atoms with Crippen molar-refractivity contribution in [1.82, 2.24) is 9.97 Å². The third kappa shape index (κ3) is 3.30. The van der Waals surface area contributed by atoms with Gasteiger partial charge in [-0.1, -0.05) is 28.1 Å². The molecule has 0 aliphatic carbocycles. The maximum atomic E-state index is 6.06. The van der Waals surface area contributed by atoms with Gasteiger partial charge in [-0.2, -0.15) is 0 Å². The quantitative estimate of drug-likeness (QED) is 0.780. The van der Waals surface area contributed by atoms with Gasteiger partial charge in [0, 0.05) is 28.3 Å². The van der Waals surface area contributed by atoms with Crippen LogP contribution in [0.25, 0.3) is 0 Å². The summed E-state index contributed by atoms with van der Waals surface area (Å²) in [4.78, 5) is 8.88. The largest absolute Gasteiger partial charge is 0.241 e. The predicted molar refractivity (Wildman–Crippen MR) is 78.0 cm³/mol. The molecule has 2 rings (SSSR count). The Balaban J connectivity index is 2.23. The van der Waals surface area contributed by atoms with Crippen molar-refractivity contribution in [3.63, 3.8) is 0 Å². The minimum absolute atomic E-state index is 0.0510. The summed E-state index contributed by atoms with van der Waals surface area (Å²) in [5.74, 6) is 0.826. The van der Waals surface area contributed by atoms with Crippen LogP contribution in [0.1, 0.15) is 34.9 Å². The van der Waals surface area contributed by atoms with Crippen LogP contribution >= 0.6 is 27.5 Å². The maximum absolute atomic E-state index is 6.06. The summed E-state index contributed by atoms with van der Waals surface area (Å²) in [6.45, 7) is 3.90. The number of nitrogens with zero attached hydrogens (tertiary/aromatic N) is 2. The highest BCUT2D eigenvalue weighted by atomic mass is 79.9. The van der Waals surface area contributed by atoms with Gasteiger partial charge in [0.2, 0.25) is 0 Å². The number of benzene rings is 1. The molecule has 1 aromatic carbocycles. The van der Waals surface area contributed by atoms with Gasteiger partial charge in [-0.15, -0.1) is 11.6 Å². The molecule has 0 saturated carbocycles. The highest BCUT2D eigenvalue weighted by Gasteiger charge is 2.08. The highest BCUT2D eigenvalue weighted by molar-refractivity contribution is 9.10. The van der Waals surface area contributed by atoms with E-state index in [1.807, 2.05) is 32.2 Å². The Morgan fingerprint density at radius 1 is 1.39 bits per heavy atom. The molecule has 4 heteroatoms. The molecular weight excluding hydrogens is 312 g/mol. The van der Waals surface area contributed by atoms with E-state index < -0.39 is 0 Å². The van der Waals surface area contributed by atoms with Gasteiger partial charge in [-0.3, -0.25) is 0 Å². The monoisotopic (exact) mass is 324 g/mol. The van der Waals surface area contributed by atoms with Crippen LogP contribution < -0.4 is 0 Å². The number of alkyl halides is 1. The second-order valence-electron chi connectivity index (χ2n) is 4.25. The number of hydrogen-bond acceptors (Lipinski definition) is 2. The first-order valence-corrected chi connectivity index (χ1v) is 7.00. The lowest BCUT2D eigenvalue weighted by Gasteiger charge is -2.08. The first-order valence-electron chi connectivity index (χ1n) is 5.77. The molecule has 0 aliphatic heterocycles. The van der Waals surface area contributed by atoms with Crippen LogP contribution in [0.3, 0.4) is 0 Å². The van der Waals surface area contributed by atoms with Gasteiger partial charge in [0.25, 0.3) is 0 Å². The predicted octanol–water partition coefficient (Wildman–Crippen LogP) is 4.44. The molecule has 0 saturated heterocycles. The van der Waals surface area contributed by atoms with Gasteiger partial charge < -0.3 is 0 Å². The summed E-state index contributed by atoms with van der Waals surface area (Å²) in [6.07, 6.45) is 2.56. The van der Waals surface area contributed by atoms with Crippen molar-refractivity contribution in [2.75, 3.05) is 0 Å². The summed E-state index contributed by atoms with van der Waals surface area (Å²) >= 11 is 9.52. The molecule has 0 radical (unpaired) electrons. The van der Waals surface area contributed by atoms with Gasteiger partial charge in [0.15, 0.2) is 0 Å². The van der Waals surface area contributed by atoms with Crippen LogP contribution in [0.5, 0.6) is 0 Å². The van der Waals surface area contributed by atoms with Gasteiger partial charge in [-0.25, -0.2) is 9.97 Å². The Morgan fingerprint density at radius 2 is 2.17 bits per heavy atom. The summed E-state index contributed by atoms with van der Waals surface area (Å²) < 4.78 is 1.07. The van der Waals surface area contributed by atoms with Crippen LogP contribution in [0.15, 0.2) is 34.9 Å². The minimum Gasteiger partial charge on any atom is -0.241 e. The van der Waals surface area contributed by atoms with Crippen molar-refractivity contribution in [2.24, 2.45) is 0 Å². The Kier molecular flexibility index (Phi) is 4.36. The summed E-state index contributed by atoms with van der Waals surface area (Å²) in [7, 11) is 0. The molecular formula is C14H14BrClN2. The molecule has 2 nitrogen and oxygen atoms in total. The van der Waals surface area contributed by atoms with Crippen molar-refractivity contribution >= 4 is 27.5 Å². The Hall–Kier alpha value is -0.930. The molecule has 0 N–H and O–H groups in total. The molecule has 18 heavy (non-hydrogen) atoms. The number of rotatable bonds is 3. The van der Waals surface area contributed by atoms with E-state index in [4.69, 9.17) is 11.6 Å². The third-order valence-corrected chi connectivity index (χ3v) is 3.48. The summed E-state index contributed by atoms with van der Waals surface area (Å²) in [6, 6.07) is 8.17. The van der Waals surface area contributed by atoms with Crippen LogP contribution in [0.2, 0.25) is 0 Å². The summed E-state index contributed by atoms with van der Waals surface area (Å²) in [5, 5.41) is -0.0510. The SMILES string of the molecule is Cc1nc(Cc2cccc(Br)c2)ncc1C(C)Cl. The average Bonchev–Trinajstić information content (AvgIpc) is 2.28. The lowest BCUT2D eigenvalue weighted by Crippen LogP contribution is -2.02. The Bertz CT molecular complexity index is 555. The number of aromatic nitrogens is 2. The number of aryl methyl sites for hydroxylation is 1. The molecule has 1 heterocycles. The third-order valence-electron chi connectivity index (χ3n) is 2.75. The molecule has 94 valence electrons. The molecule has 0 fully saturated rings. The van der Waals surface area contributed by atoms with E-state index in [0.29, 0.717) is 0 Å². The zero-order valence-electron chi connectivity index (χ0n) is 10.3. The first-order chi connectivity index (χ1) is 8.56. The first kappa shape index (κ1) is 13.5. The van der Waals surface area contributed by atoms with Crippen molar-refractivity contribution in [3.05, 3.63) is 57.6 Å². The smallest absolute Gasteiger partial charge is 0.132 e. The number of hydrogen-bond donors (Lipinski definition) is 0. The average molecular weight is 326 g/mol. The zero-order valence-corrected chi connectivity index (χ0v) is 12.7. The molecule has 1 aromatic heterocycles. The molecule has 0 amide bonds. The second-order valence-corrected chi connectivity index (χ2v) is 5.82. The van der Waals surface area contributed by atoms with Crippen molar-refractivity contribution < 1.29 is 0 Å². The van der Waals surface area contributed by atoms with E-state index in [9.17, 15) is 0 Å². The molecule has 0 aliphatic rings. The number of halogens is 2. The van der Waals surface area contributed by atoms with E-state index >= 15 is 0 Å². The summed E-state index contributed by atoms with van der Waals surface area (Å²) in [5.41, 5.74) is 3.14. The van der Waals surface area contributed by atoms with E-state index in [-0.39, 0.29) is 5.38 Å². The fourth-order valence-corrected chi connectivity index (χ4v) is 2.49. The highest BCUT2D eigenvalue weighted by Crippen LogP contribution is 2.21. The molecule has 0 spiro atoms. The minimum atomic E-state index is -0.0510. The van der Waals surface area contributed by atoms with E-state index in [2.05, 4.69) is 38.0 Å². The fraction of sp³-hybridized carbons (Fsp3) is 0.286.